The van der Waals surface area contributed by atoms with Crippen molar-refractivity contribution in [3.8, 4) is 0 Å². The van der Waals surface area contributed by atoms with Crippen LogP contribution in [0.1, 0.15) is 44.2 Å². The summed E-state index contributed by atoms with van der Waals surface area (Å²) < 4.78 is 0. The molecule has 0 aliphatic carbocycles. The second kappa shape index (κ2) is 6.50. The molecule has 2 fully saturated rings. The largest absolute Gasteiger partial charge is 0.338 e. The number of carbonyl (C=O) groups is 3. The summed E-state index contributed by atoms with van der Waals surface area (Å²) >= 11 is 0. The molecule has 0 spiro atoms. The van der Waals surface area contributed by atoms with Crippen LogP contribution in [0.25, 0.3) is 0 Å². The average Bonchev–Trinajstić information content (AvgIpc) is 2.80. The van der Waals surface area contributed by atoms with Crippen molar-refractivity contribution in [1.29, 1.82) is 0 Å². The number of carbonyl (C=O) groups excluding carboxylic acids is 3. The Balaban J connectivity index is 1.77. The maximum absolute atomic E-state index is 12.9. The number of imide groups is 1. The van der Waals surface area contributed by atoms with Gasteiger partial charge in [0.2, 0.25) is 5.91 Å². The first-order chi connectivity index (χ1) is 11.8. The molecule has 1 N–H and O–H groups in total. The van der Waals surface area contributed by atoms with Crippen molar-refractivity contribution < 1.29 is 14.4 Å². The highest BCUT2D eigenvalue weighted by atomic mass is 16.2. The molecule has 0 aromatic heterocycles. The zero-order valence-corrected chi connectivity index (χ0v) is 15.0. The van der Waals surface area contributed by atoms with Gasteiger partial charge < -0.3 is 10.2 Å². The van der Waals surface area contributed by atoms with Crippen LogP contribution in [0.4, 0.5) is 4.79 Å². The Morgan fingerprint density at radius 2 is 1.92 bits per heavy atom. The molecular formula is C19H25N3O3. The molecule has 2 atom stereocenters. The van der Waals surface area contributed by atoms with Crippen LogP contribution < -0.4 is 5.32 Å². The van der Waals surface area contributed by atoms with Crippen LogP contribution in [0.5, 0.6) is 0 Å². The standard InChI is InChI=1S/C19H25N3O3/c1-13-7-9-15(10-8-13)19(3)17(24)22(18(25)20-19)12-16(23)21-11-5-4-6-14(21)2/h7-10,14H,4-6,11-12H2,1-3H3,(H,20,25)/t14-,19-/m0/s1. The summed E-state index contributed by atoms with van der Waals surface area (Å²) in [5, 5.41) is 2.75. The first kappa shape index (κ1) is 17.5. The van der Waals surface area contributed by atoms with E-state index in [2.05, 4.69) is 5.32 Å². The minimum absolute atomic E-state index is 0.158. The highest BCUT2D eigenvalue weighted by Gasteiger charge is 2.49. The summed E-state index contributed by atoms with van der Waals surface area (Å²) in [5.41, 5.74) is 0.673. The molecule has 1 aromatic carbocycles. The molecule has 0 unspecified atom stereocenters. The highest BCUT2D eigenvalue weighted by Crippen LogP contribution is 2.29. The van der Waals surface area contributed by atoms with E-state index in [1.807, 2.05) is 38.1 Å². The first-order valence-electron chi connectivity index (χ1n) is 8.83. The molecule has 1 aromatic rings. The number of benzene rings is 1. The van der Waals surface area contributed by atoms with E-state index in [0.29, 0.717) is 6.54 Å². The third-order valence-electron chi connectivity index (χ3n) is 5.32. The van der Waals surface area contributed by atoms with E-state index >= 15 is 0 Å². The molecule has 0 radical (unpaired) electrons. The average molecular weight is 343 g/mol. The Morgan fingerprint density at radius 3 is 2.56 bits per heavy atom. The lowest BCUT2D eigenvalue weighted by Gasteiger charge is -2.34. The van der Waals surface area contributed by atoms with Crippen LogP contribution in [0.2, 0.25) is 0 Å². The van der Waals surface area contributed by atoms with E-state index in [0.717, 1.165) is 35.3 Å². The number of likely N-dealkylation sites (tertiary alicyclic amines) is 1. The van der Waals surface area contributed by atoms with Crippen molar-refractivity contribution in [1.82, 2.24) is 15.1 Å². The van der Waals surface area contributed by atoms with Crippen LogP contribution in [-0.4, -0.2) is 46.8 Å². The SMILES string of the molecule is Cc1ccc([C@]2(C)NC(=O)N(CC(=O)N3CCCC[C@@H]3C)C2=O)cc1. The maximum atomic E-state index is 12.9. The maximum Gasteiger partial charge on any atom is 0.325 e. The molecule has 134 valence electrons. The third kappa shape index (κ3) is 3.13. The van der Waals surface area contributed by atoms with Gasteiger partial charge in [0.05, 0.1) is 0 Å². The van der Waals surface area contributed by atoms with Gasteiger partial charge in [-0.3, -0.25) is 14.5 Å². The number of hydrogen-bond acceptors (Lipinski definition) is 3. The summed E-state index contributed by atoms with van der Waals surface area (Å²) in [4.78, 5) is 40.7. The van der Waals surface area contributed by atoms with E-state index < -0.39 is 11.6 Å². The number of piperidine rings is 1. The fourth-order valence-corrected chi connectivity index (χ4v) is 3.62. The molecule has 0 bridgehead atoms. The molecule has 2 saturated heterocycles. The summed E-state index contributed by atoms with van der Waals surface area (Å²) in [7, 11) is 0. The van der Waals surface area contributed by atoms with Gasteiger partial charge in [-0.05, 0) is 45.6 Å². The minimum atomic E-state index is -1.13. The van der Waals surface area contributed by atoms with Crippen molar-refractivity contribution in [3.63, 3.8) is 0 Å². The fourth-order valence-electron chi connectivity index (χ4n) is 3.62. The Morgan fingerprint density at radius 1 is 1.24 bits per heavy atom. The molecule has 2 heterocycles. The molecule has 2 aliphatic rings. The number of rotatable bonds is 3. The molecular weight excluding hydrogens is 318 g/mol. The summed E-state index contributed by atoms with van der Waals surface area (Å²) in [6.07, 6.45) is 3.05. The lowest BCUT2D eigenvalue weighted by atomic mass is 9.91. The Bertz CT molecular complexity index is 700. The summed E-state index contributed by atoms with van der Waals surface area (Å²) in [6, 6.07) is 7.14. The highest BCUT2D eigenvalue weighted by molar-refractivity contribution is 6.09. The van der Waals surface area contributed by atoms with Gasteiger partial charge in [-0.25, -0.2) is 4.79 Å². The Hall–Kier alpha value is -2.37. The van der Waals surface area contributed by atoms with E-state index in [4.69, 9.17) is 0 Å². The van der Waals surface area contributed by atoms with E-state index in [1.54, 1.807) is 11.8 Å². The van der Waals surface area contributed by atoms with Gasteiger partial charge in [0, 0.05) is 12.6 Å². The summed E-state index contributed by atoms with van der Waals surface area (Å²) in [6.45, 7) is 6.16. The number of amides is 4. The smallest absolute Gasteiger partial charge is 0.325 e. The monoisotopic (exact) mass is 343 g/mol. The second-order valence-corrected chi connectivity index (χ2v) is 7.24. The molecule has 6 nitrogen and oxygen atoms in total. The Kier molecular flexibility index (Phi) is 4.54. The predicted molar refractivity (Wildman–Crippen MR) is 93.8 cm³/mol. The van der Waals surface area contributed by atoms with Crippen LogP contribution in [0.15, 0.2) is 24.3 Å². The lowest BCUT2D eigenvalue weighted by molar-refractivity contribution is -0.140. The van der Waals surface area contributed by atoms with Gasteiger partial charge in [0.15, 0.2) is 0 Å². The summed E-state index contributed by atoms with van der Waals surface area (Å²) in [5.74, 6) is -0.539. The van der Waals surface area contributed by atoms with Crippen molar-refractivity contribution >= 4 is 17.8 Å². The van der Waals surface area contributed by atoms with Gasteiger partial charge >= 0.3 is 6.03 Å². The molecule has 2 aliphatic heterocycles. The van der Waals surface area contributed by atoms with Crippen LogP contribution >= 0.6 is 0 Å². The molecule has 6 heteroatoms. The molecule has 0 saturated carbocycles. The van der Waals surface area contributed by atoms with Crippen molar-refractivity contribution in [2.24, 2.45) is 0 Å². The van der Waals surface area contributed by atoms with Crippen LogP contribution in [-0.2, 0) is 15.1 Å². The number of aryl methyl sites for hydroxylation is 1. The van der Waals surface area contributed by atoms with Crippen LogP contribution in [0, 0.1) is 6.92 Å². The van der Waals surface area contributed by atoms with Gasteiger partial charge in [-0.2, -0.15) is 0 Å². The zero-order valence-electron chi connectivity index (χ0n) is 15.0. The first-order valence-corrected chi connectivity index (χ1v) is 8.83. The van der Waals surface area contributed by atoms with E-state index in [9.17, 15) is 14.4 Å². The number of urea groups is 1. The lowest BCUT2D eigenvalue weighted by Crippen LogP contribution is -2.48. The van der Waals surface area contributed by atoms with Gasteiger partial charge in [0.1, 0.15) is 12.1 Å². The number of nitrogens with zero attached hydrogens (tertiary/aromatic N) is 2. The van der Waals surface area contributed by atoms with Crippen molar-refractivity contribution in [2.75, 3.05) is 13.1 Å². The van der Waals surface area contributed by atoms with Crippen molar-refractivity contribution in [2.45, 2.75) is 51.6 Å². The van der Waals surface area contributed by atoms with Crippen molar-refractivity contribution in [3.05, 3.63) is 35.4 Å². The van der Waals surface area contributed by atoms with Crippen LogP contribution in [0.3, 0.4) is 0 Å². The number of nitrogens with one attached hydrogen (secondary N) is 1. The minimum Gasteiger partial charge on any atom is -0.338 e. The number of hydrogen-bond donors (Lipinski definition) is 1. The van der Waals surface area contributed by atoms with Gasteiger partial charge in [0.25, 0.3) is 5.91 Å². The third-order valence-corrected chi connectivity index (χ3v) is 5.32. The van der Waals surface area contributed by atoms with Gasteiger partial charge in [-0.15, -0.1) is 0 Å². The normalized spacial score (nSPS) is 26.8. The zero-order chi connectivity index (χ0) is 18.2. The molecule has 3 rings (SSSR count). The quantitative estimate of drug-likeness (QED) is 0.855. The molecule has 4 amide bonds. The fraction of sp³-hybridized carbons (Fsp3) is 0.526. The topological polar surface area (TPSA) is 69.7 Å². The molecule has 25 heavy (non-hydrogen) atoms. The van der Waals surface area contributed by atoms with Gasteiger partial charge in [-0.1, -0.05) is 29.8 Å². The Labute approximate surface area is 148 Å². The van der Waals surface area contributed by atoms with E-state index in [1.165, 1.54) is 0 Å². The predicted octanol–water partition coefficient (Wildman–Crippen LogP) is 2.16. The second-order valence-electron chi connectivity index (χ2n) is 7.24. The van der Waals surface area contributed by atoms with E-state index in [-0.39, 0.29) is 24.4 Å².